The highest BCUT2D eigenvalue weighted by Gasteiger charge is 2.21. The van der Waals surface area contributed by atoms with E-state index in [0.717, 1.165) is 36.8 Å². The Bertz CT molecular complexity index is 514. The van der Waals surface area contributed by atoms with E-state index in [1.54, 1.807) is 0 Å². The maximum absolute atomic E-state index is 12.1. The Morgan fingerprint density at radius 1 is 1.15 bits per heavy atom. The molecule has 6 heteroatoms. The Morgan fingerprint density at radius 2 is 1.73 bits per heavy atom. The summed E-state index contributed by atoms with van der Waals surface area (Å²) in [7, 11) is 0. The molecule has 1 fully saturated rings. The summed E-state index contributed by atoms with van der Waals surface area (Å²) in [6.45, 7) is 11.0. The van der Waals surface area contributed by atoms with Crippen LogP contribution in [0.2, 0.25) is 0 Å². The molecular weight excluding hydrogens is 369 g/mol. The highest BCUT2D eigenvalue weighted by molar-refractivity contribution is 5.85. The number of aryl methyl sites for hydroxylation is 1. The summed E-state index contributed by atoms with van der Waals surface area (Å²) < 4.78 is 0. The number of nitrogens with two attached hydrogens (primary N) is 1. The maximum atomic E-state index is 12.1. The fraction of sp³-hybridized carbons (Fsp3) is 0.650. The van der Waals surface area contributed by atoms with Gasteiger partial charge in [-0.05, 0) is 50.1 Å². The molecule has 1 aliphatic heterocycles. The Labute approximate surface area is 171 Å². The molecule has 3 atom stereocenters. The van der Waals surface area contributed by atoms with Crippen LogP contribution in [0.4, 0.5) is 0 Å². The lowest BCUT2D eigenvalue weighted by Crippen LogP contribution is -2.39. The minimum Gasteiger partial charge on any atom is -0.354 e. The van der Waals surface area contributed by atoms with Crippen molar-refractivity contribution in [2.24, 2.45) is 17.6 Å². The van der Waals surface area contributed by atoms with Gasteiger partial charge in [-0.1, -0.05) is 43.7 Å². The second-order valence-electron chi connectivity index (χ2n) is 7.59. The van der Waals surface area contributed by atoms with E-state index in [9.17, 15) is 4.79 Å². The van der Waals surface area contributed by atoms with Crippen LogP contribution in [-0.4, -0.2) is 37.0 Å². The number of amides is 1. The smallest absolute Gasteiger partial charge is 0.241 e. The largest absolute Gasteiger partial charge is 0.354 e. The first-order valence-electron chi connectivity index (χ1n) is 9.28. The number of benzene rings is 1. The molecule has 4 nitrogen and oxygen atoms in total. The topological polar surface area (TPSA) is 58.4 Å². The van der Waals surface area contributed by atoms with E-state index >= 15 is 0 Å². The molecule has 3 unspecified atom stereocenters. The summed E-state index contributed by atoms with van der Waals surface area (Å²) in [6.07, 6.45) is 3.48. The van der Waals surface area contributed by atoms with Crippen LogP contribution >= 0.6 is 24.8 Å². The van der Waals surface area contributed by atoms with Crippen LogP contribution in [-0.2, 0) is 4.79 Å². The summed E-state index contributed by atoms with van der Waals surface area (Å²) in [5, 5.41) is 2.97. The van der Waals surface area contributed by atoms with Crippen LogP contribution in [0.25, 0.3) is 0 Å². The normalized spacial score (nSPS) is 21.2. The third kappa shape index (κ3) is 8.26. The first-order valence-corrected chi connectivity index (χ1v) is 9.28. The first kappa shape index (κ1) is 25.2. The van der Waals surface area contributed by atoms with Gasteiger partial charge in [0.2, 0.25) is 5.91 Å². The number of halogens is 2. The number of hydrogen-bond acceptors (Lipinski definition) is 3. The van der Waals surface area contributed by atoms with Gasteiger partial charge in [0.1, 0.15) is 6.04 Å². The molecule has 1 aromatic carbocycles. The van der Waals surface area contributed by atoms with E-state index in [2.05, 4.69) is 24.1 Å². The zero-order chi connectivity index (χ0) is 17.5. The summed E-state index contributed by atoms with van der Waals surface area (Å²) in [5.41, 5.74) is 8.07. The van der Waals surface area contributed by atoms with Crippen molar-refractivity contribution in [1.82, 2.24) is 10.2 Å². The van der Waals surface area contributed by atoms with Gasteiger partial charge < -0.3 is 16.0 Å². The van der Waals surface area contributed by atoms with Crippen LogP contribution in [0.5, 0.6) is 0 Å². The standard InChI is InChI=1S/C20H33N3O.2ClH/c1-15-6-8-18(9-7-15)19(21)20(24)22-10-4-5-11-23-13-16(2)12-17(3)14-23;;/h6-9,16-17,19H,4-5,10-14,21H2,1-3H3,(H,22,24);2*1H. The molecule has 3 N–H and O–H groups in total. The molecule has 0 radical (unpaired) electrons. The van der Waals surface area contributed by atoms with Gasteiger partial charge in [0.05, 0.1) is 0 Å². The van der Waals surface area contributed by atoms with Crippen molar-refractivity contribution in [1.29, 1.82) is 0 Å². The zero-order valence-electron chi connectivity index (χ0n) is 16.2. The van der Waals surface area contributed by atoms with E-state index < -0.39 is 6.04 Å². The van der Waals surface area contributed by atoms with E-state index in [4.69, 9.17) is 5.73 Å². The number of carbonyl (C=O) groups excluding carboxylic acids is 1. The number of nitrogens with one attached hydrogen (secondary N) is 1. The predicted octanol–water partition coefficient (Wildman–Crippen LogP) is 3.71. The van der Waals surface area contributed by atoms with Gasteiger partial charge in [-0.15, -0.1) is 24.8 Å². The van der Waals surface area contributed by atoms with Crippen molar-refractivity contribution < 1.29 is 4.79 Å². The monoisotopic (exact) mass is 403 g/mol. The molecule has 1 heterocycles. The van der Waals surface area contributed by atoms with Gasteiger partial charge in [0.15, 0.2) is 0 Å². The van der Waals surface area contributed by atoms with Crippen LogP contribution < -0.4 is 11.1 Å². The molecule has 0 bridgehead atoms. The van der Waals surface area contributed by atoms with Gasteiger partial charge in [-0.25, -0.2) is 0 Å². The number of nitrogens with zero attached hydrogens (tertiary/aromatic N) is 1. The Hall–Kier alpha value is -0.810. The number of rotatable bonds is 7. The molecule has 1 saturated heterocycles. The molecule has 1 aromatic rings. The van der Waals surface area contributed by atoms with E-state index in [-0.39, 0.29) is 30.7 Å². The molecule has 0 aromatic heterocycles. The number of likely N-dealkylation sites (tertiary alicyclic amines) is 1. The Kier molecular flexibility index (Phi) is 12.2. The summed E-state index contributed by atoms with van der Waals surface area (Å²) in [6, 6.07) is 7.26. The lowest BCUT2D eigenvalue weighted by atomic mass is 9.92. The highest BCUT2D eigenvalue weighted by Crippen LogP contribution is 2.21. The minimum absolute atomic E-state index is 0. The van der Waals surface area contributed by atoms with Gasteiger partial charge in [0, 0.05) is 19.6 Å². The predicted molar refractivity (Wildman–Crippen MR) is 114 cm³/mol. The SMILES string of the molecule is Cc1ccc(C(N)C(=O)NCCCCN2CC(C)CC(C)C2)cc1.Cl.Cl. The third-order valence-electron chi connectivity index (χ3n) is 4.86. The lowest BCUT2D eigenvalue weighted by molar-refractivity contribution is -0.122. The van der Waals surface area contributed by atoms with Crippen LogP contribution in [0.15, 0.2) is 24.3 Å². The van der Waals surface area contributed by atoms with E-state index in [1.165, 1.54) is 25.1 Å². The minimum atomic E-state index is -0.575. The van der Waals surface area contributed by atoms with Crippen molar-refractivity contribution in [2.45, 2.75) is 46.1 Å². The number of carbonyl (C=O) groups is 1. The van der Waals surface area contributed by atoms with Crippen molar-refractivity contribution >= 4 is 30.7 Å². The fourth-order valence-electron chi connectivity index (χ4n) is 3.68. The molecule has 150 valence electrons. The maximum Gasteiger partial charge on any atom is 0.241 e. The van der Waals surface area contributed by atoms with Crippen molar-refractivity contribution in [3.63, 3.8) is 0 Å². The number of unbranched alkanes of at least 4 members (excludes halogenated alkanes) is 1. The quantitative estimate of drug-likeness (QED) is 0.681. The molecule has 0 saturated carbocycles. The molecule has 0 aliphatic carbocycles. The van der Waals surface area contributed by atoms with Crippen LogP contribution in [0.1, 0.15) is 50.3 Å². The van der Waals surface area contributed by atoms with Crippen LogP contribution in [0.3, 0.4) is 0 Å². The van der Waals surface area contributed by atoms with E-state index in [0.29, 0.717) is 6.54 Å². The Morgan fingerprint density at radius 3 is 2.31 bits per heavy atom. The molecule has 0 spiro atoms. The van der Waals surface area contributed by atoms with Gasteiger partial charge >= 0.3 is 0 Å². The number of piperidine rings is 1. The third-order valence-corrected chi connectivity index (χ3v) is 4.86. The van der Waals surface area contributed by atoms with Crippen molar-refractivity contribution in [3.8, 4) is 0 Å². The summed E-state index contributed by atoms with van der Waals surface area (Å²) in [4.78, 5) is 14.7. The summed E-state index contributed by atoms with van der Waals surface area (Å²) >= 11 is 0. The summed E-state index contributed by atoms with van der Waals surface area (Å²) in [5.74, 6) is 1.53. The second-order valence-corrected chi connectivity index (χ2v) is 7.59. The van der Waals surface area contributed by atoms with Gasteiger partial charge in [0.25, 0.3) is 0 Å². The molecule has 1 amide bonds. The molecule has 2 rings (SSSR count). The number of hydrogen-bond donors (Lipinski definition) is 2. The van der Waals surface area contributed by atoms with Crippen molar-refractivity contribution in [2.75, 3.05) is 26.2 Å². The average Bonchev–Trinajstić information content (AvgIpc) is 2.53. The van der Waals surface area contributed by atoms with Gasteiger partial charge in [-0.3, -0.25) is 4.79 Å². The Balaban J connectivity index is 0.00000312. The van der Waals surface area contributed by atoms with E-state index in [1.807, 2.05) is 31.2 Å². The van der Waals surface area contributed by atoms with Crippen LogP contribution in [0, 0.1) is 18.8 Å². The lowest BCUT2D eigenvalue weighted by Gasteiger charge is -2.34. The average molecular weight is 404 g/mol. The van der Waals surface area contributed by atoms with Gasteiger partial charge in [-0.2, -0.15) is 0 Å². The molecule has 26 heavy (non-hydrogen) atoms. The highest BCUT2D eigenvalue weighted by atomic mass is 35.5. The zero-order valence-corrected chi connectivity index (χ0v) is 17.9. The second kappa shape index (κ2) is 12.6. The fourth-order valence-corrected chi connectivity index (χ4v) is 3.68. The van der Waals surface area contributed by atoms with Crippen molar-refractivity contribution in [3.05, 3.63) is 35.4 Å². The molecule has 1 aliphatic rings. The molecular formula is C20H35Cl2N3O. The first-order chi connectivity index (χ1) is 11.5.